The summed E-state index contributed by atoms with van der Waals surface area (Å²) < 4.78 is 1.60. The molecule has 14 nitrogen and oxygen atoms in total. The first-order valence-electron chi connectivity index (χ1n) is 16.2. The van der Waals surface area contributed by atoms with E-state index >= 15 is 0 Å². The number of aryl methyl sites for hydroxylation is 2. The van der Waals surface area contributed by atoms with Gasteiger partial charge in [0.15, 0.2) is 11.6 Å². The van der Waals surface area contributed by atoms with Crippen molar-refractivity contribution < 1.29 is 14.4 Å². The molecule has 5 aromatic rings. The lowest BCUT2D eigenvalue weighted by Crippen LogP contribution is -2.52. The van der Waals surface area contributed by atoms with Gasteiger partial charge in [-0.25, -0.2) is 5.10 Å². The zero-order chi connectivity index (χ0) is 34.5. The SMILES string of the molecule is Cc1cc(C(=O)Nc2ccn(C)n2)ncc1-c1ccc(C[C@@H](C(N)=O)N(c2ccc(-c3nnn[nH]3)cc2)C(=O)[C@H]2CC[C@H](CN)CC2)cc1.Cl. The quantitative estimate of drug-likeness (QED) is 0.158. The molecule has 6 N–H and O–H groups in total. The highest BCUT2D eigenvalue weighted by atomic mass is 35.5. The second-order valence-electron chi connectivity index (χ2n) is 12.5. The Morgan fingerprint density at radius 2 is 1.72 bits per heavy atom. The summed E-state index contributed by atoms with van der Waals surface area (Å²) in [5, 5.41) is 20.9. The number of tetrazole rings is 1. The van der Waals surface area contributed by atoms with E-state index in [0.717, 1.165) is 40.7 Å². The van der Waals surface area contributed by atoms with Crippen molar-refractivity contribution >= 4 is 41.6 Å². The average molecular weight is 698 g/mol. The number of hydrogen-bond acceptors (Lipinski definition) is 9. The first kappa shape index (κ1) is 35.8. The predicted octanol–water partition coefficient (Wildman–Crippen LogP) is 3.84. The lowest BCUT2D eigenvalue weighted by Gasteiger charge is -2.35. The molecule has 1 atom stereocenters. The van der Waals surface area contributed by atoms with Crippen LogP contribution in [0, 0.1) is 18.8 Å². The molecular weight excluding hydrogens is 658 g/mol. The molecule has 260 valence electrons. The van der Waals surface area contributed by atoms with Crippen molar-refractivity contribution in [3.63, 3.8) is 0 Å². The highest BCUT2D eigenvalue weighted by Crippen LogP contribution is 2.33. The Bertz CT molecular complexity index is 1920. The van der Waals surface area contributed by atoms with Gasteiger partial charge in [0.25, 0.3) is 5.91 Å². The molecule has 3 amide bonds. The number of amides is 3. The lowest BCUT2D eigenvalue weighted by molar-refractivity contribution is -0.127. The van der Waals surface area contributed by atoms with E-state index in [0.29, 0.717) is 42.6 Å². The fourth-order valence-corrected chi connectivity index (χ4v) is 6.37. The van der Waals surface area contributed by atoms with Crippen LogP contribution in [0.2, 0.25) is 0 Å². The van der Waals surface area contributed by atoms with Crippen LogP contribution < -0.4 is 21.7 Å². The van der Waals surface area contributed by atoms with Gasteiger partial charge in [-0.3, -0.25) is 28.9 Å². The van der Waals surface area contributed by atoms with Gasteiger partial charge in [-0.1, -0.05) is 24.3 Å². The zero-order valence-corrected chi connectivity index (χ0v) is 28.6. The van der Waals surface area contributed by atoms with Crippen LogP contribution in [0.5, 0.6) is 0 Å². The molecule has 1 fully saturated rings. The molecule has 15 heteroatoms. The first-order chi connectivity index (χ1) is 23.7. The van der Waals surface area contributed by atoms with Crippen molar-refractivity contribution in [3.05, 3.63) is 89.9 Å². The van der Waals surface area contributed by atoms with E-state index in [4.69, 9.17) is 11.5 Å². The summed E-state index contributed by atoms with van der Waals surface area (Å²) in [7, 11) is 1.77. The van der Waals surface area contributed by atoms with Crippen LogP contribution in [-0.2, 0) is 23.1 Å². The standard InChI is InChI=1S/C35H39N11O3.ClH/c1-21-17-29(34(48)39-31-15-16-45(2)42-31)38-20-28(21)24-7-3-22(4-8-24)18-30(32(37)47)46(35(49)26-9-5-23(19-36)6-10-26)27-13-11-25(12-14-27)33-40-43-44-41-33;/h3-4,7-8,11-17,20,23,26,30H,5-6,9-10,18-19,36H2,1-2H3,(H2,37,47)(H,39,42,48)(H,40,41,43,44);1H/t23-,26-,30-;/m0./s1. The molecule has 0 aliphatic heterocycles. The maximum atomic E-state index is 14.2. The van der Waals surface area contributed by atoms with Crippen LogP contribution in [-0.4, -0.2) is 65.7 Å². The predicted molar refractivity (Wildman–Crippen MR) is 191 cm³/mol. The van der Waals surface area contributed by atoms with Crippen molar-refractivity contribution in [2.75, 3.05) is 16.8 Å². The van der Waals surface area contributed by atoms with Crippen molar-refractivity contribution in [2.24, 2.45) is 30.4 Å². The molecule has 3 heterocycles. The van der Waals surface area contributed by atoms with E-state index in [9.17, 15) is 14.4 Å². The molecule has 0 unspecified atom stereocenters. The van der Waals surface area contributed by atoms with Crippen LogP contribution >= 0.6 is 12.4 Å². The van der Waals surface area contributed by atoms with Crippen LogP contribution in [0.1, 0.15) is 47.3 Å². The largest absolute Gasteiger partial charge is 0.368 e. The second kappa shape index (κ2) is 15.8. The fraction of sp³-hybridized carbons (Fsp3) is 0.314. The zero-order valence-electron chi connectivity index (χ0n) is 27.8. The number of H-pyrrole nitrogens is 1. The molecule has 1 saturated carbocycles. The molecule has 50 heavy (non-hydrogen) atoms. The Labute approximate surface area is 295 Å². The number of primary amides is 1. The number of hydrogen-bond donors (Lipinski definition) is 4. The van der Waals surface area contributed by atoms with Gasteiger partial charge in [-0.15, -0.1) is 17.5 Å². The van der Waals surface area contributed by atoms with Crippen LogP contribution in [0.15, 0.2) is 73.1 Å². The molecule has 1 aliphatic rings. The summed E-state index contributed by atoms with van der Waals surface area (Å²) in [6, 6.07) is 17.4. The molecule has 0 bridgehead atoms. The number of aromatic amines is 1. The fourth-order valence-electron chi connectivity index (χ4n) is 6.37. The number of carbonyl (C=O) groups excluding carboxylic acids is 3. The first-order valence-corrected chi connectivity index (χ1v) is 16.2. The molecule has 6 rings (SSSR count). The van der Waals surface area contributed by atoms with Gasteiger partial charge < -0.3 is 16.8 Å². The van der Waals surface area contributed by atoms with Crippen molar-refractivity contribution in [2.45, 2.75) is 45.1 Å². The van der Waals surface area contributed by atoms with Gasteiger partial charge in [0.05, 0.1) is 0 Å². The van der Waals surface area contributed by atoms with Crippen molar-refractivity contribution in [3.8, 4) is 22.5 Å². The number of rotatable bonds is 11. The number of nitrogens with two attached hydrogens (primary N) is 2. The summed E-state index contributed by atoms with van der Waals surface area (Å²) in [5.41, 5.74) is 17.0. The Morgan fingerprint density at radius 3 is 2.30 bits per heavy atom. The Kier molecular flexibility index (Phi) is 11.3. The minimum atomic E-state index is -0.927. The third kappa shape index (κ3) is 8.04. The molecule has 2 aromatic carbocycles. The molecular formula is C35H40ClN11O3. The lowest BCUT2D eigenvalue weighted by atomic mass is 9.81. The molecule has 0 spiro atoms. The van der Waals surface area contributed by atoms with Gasteiger partial charge in [-0.05, 0) is 103 Å². The Balaban J connectivity index is 0.00000486. The van der Waals surface area contributed by atoms with Gasteiger partial charge in [-0.2, -0.15) is 5.10 Å². The summed E-state index contributed by atoms with van der Waals surface area (Å²) in [5.74, 6) is 0.0172. The van der Waals surface area contributed by atoms with E-state index in [1.54, 1.807) is 65.4 Å². The number of benzene rings is 2. The van der Waals surface area contributed by atoms with Gasteiger partial charge in [0.2, 0.25) is 11.8 Å². The number of aromatic nitrogens is 7. The number of nitrogens with zero attached hydrogens (tertiary/aromatic N) is 7. The summed E-state index contributed by atoms with van der Waals surface area (Å²) in [4.78, 5) is 46.0. The third-order valence-electron chi connectivity index (χ3n) is 9.16. The van der Waals surface area contributed by atoms with Crippen molar-refractivity contribution in [1.29, 1.82) is 0 Å². The van der Waals surface area contributed by atoms with E-state index in [2.05, 4.69) is 36.0 Å². The molecule has 0 saturated heterocycles. The van der Waals surface area contributed by atoms with Gasteiger partial charge in [0, 0.05) is 54.7 Å². The minimum absolute atomic E-state index is 0. The minimum Gasteiger partial charge on any atom is -0.368 e. The number of anilines is 2. The third-order valence-corrected chi connectivity index (χ3v) is 9.16. The average Bonchev–Trinajstić information content (AvgIpc) is 3.80. The Hall–Kier alpha value is -5.47. The van der Waals surface area contributed by atoms with Crippen LogP contribution in [0.4, 0.5) is 11.5 Å². The summed E-state index contributed by atoms with van der Waals surface area (Å²) in [6.07, 6.45) is 6.77. The van der Waals surface area contributed by atoms with E-state index in [-0.39, 0.29) is 42.3 Å². The number of nitrogens with one attached hydrogen (secondary N) is 2. The van der Waals surface area contributed by atoms with E-state index < -0.39 is 11.9 Å². The normalized spacial score (nSPS) is 16.2. The number of carbonyl (C=O) groups is 3. The maximum Gasteiger partial charge on any atom is 0.275 e. The van der Waals surface area contributed by atoms with Gasteiger partial charge >= 0.3 is 0 Å². The highest BCUT2D eigenvalue weighted by Gasteiger charge is 2.36. The Morgan fingerprint density at radius 1 is 1.02 bits per heavy atom. The summed E-state index contributed by atoms with van der Waals surface area (Å²) in [6.45, 7) is 2.52. The van der Waals surface area contributed by atoms with Crippen LogP contribution in [0.3, 0.4) is 0 Å². The topological polar surface area (TPSA) is 204 Å². The monoisotopic (exact) mass is 697 g/mol. The van der Waals surface area contributed by atoms with E-state index in [1.165, 1.54) is 0 Å². The molecule has 1 aliphatic carbocycles. The highest BCUT2D eigenvalue weighted by molar-refractivity contribution is 6.03. The van der Waals surface area contributed by atoms with Crippen LogP contribution in [0.25, 0.3) is 22.5 Å². The number of halogens is 1. The summed E-state index contributed by atoms with van der Waals surface area (Å²) >= 11 is 0. The molecule has 0 radical (unpaired) electrons. The smallest absolute Gasteiger partial charge is 0.275 e. The van der Waals surface area contributed by atoms with Gasteiger partial charge in [0.1, 0.15) is 11.7 Å². The number of pyridine rings is 1. The second-order valence-corrected chi connectivity index (χ2v) is 12.5. The molecule has 3 aromatic heterocycles. The van der Waals surface area contributed by atoms with Crippen molar-refractivity contribution in [1.82, 2.24) is 35.4 Å². The maximum absolute atomic E-state index is 14.2. The van der Waals surface area contributed by atoms with E-state index in [1.807, 2.05) is 31.2 Å².